The normalized spacial score (nSPS) is 17.2. The van der Waals surface area contributed by atoms with E-state index in [-0.39, 0.29) is 17.5 Å². The Balaban J connectivity index is 1.71. The molecule has 0 unspecified atom stereocenters. The van der Waals surface area contributed by atoms with Gasteiger partial charge in [-0.25, -0.2) is 0 Å². The summed E-state index contributed by atoms with van der Waals surface area (Å²) in [5.74, 6) is 1.82. The van der Waals surface area contributed by atoms with Gasteiger partial charge in [0.05, 0.1) is 26.9 Å². The zero-order chi connectivity index (χ0) is 20.1. The minimum atomic E-state index is -0.0807. The van der Waals surface area contributed by atoms with Crippen LogP contribution in [0.5, 0.6) is 23.0 Å². The number of hydrogen-bond donors (Lipinski definition) is 1. The fourth-order valence-electron chi connectivity index (χ4n) is 3.73. The topological polar surface area (TPSA) is 68.2 Å². The number of ketones is 1. The predicted molar refractivity (Wildman–Crippen MR) is 107 cm³/mol. The monoisotopic (exact) mass is 385 g/mol. The number of carbonyl (C=O) groups is 1. The van der Waals surface area contributed by atoms with E-state index in [0.29, 0.717) is 35.9 Å². The average molecular weight is 385 g/mol. The second-order valence-electron chi connectivity index (χ2n) is 7.01. The maximum atomic E-state index is 13.1. The van der Waals surface area contributed by atoms with Crippen molar-refractivity contribution in [2.24, 2.45) is 5.92 Å². The summed E-state index contributed by atoms with van der Waals surface area (Å²) in [4.78, 5) is 15.4. The van der Waals surface area contributed by atoms with Crippen LogP contribution in [0.2, 0.25) is 0 Å². The lowest BCUT2D eigenvalue weighted by Gasteiger charge is -2.32. The van der Waals surface area contributed by atoms with Crippen molar-refractivity contribution in [3.63, 3.8) is 0 Å². The van der Waals surface area contributed by atoms with E-state index in [1.165, 1.54) is 7.11 Å². The van der Waals surface area contributed by atoms with Crippen LogP contribution in [0.25, 0.3) is 0 Å². The van der Waals surface area contributed by atoms with Crippen LogP contribution < -0.4 is 14.2 Å². The van der Waals surface area contributed by atoms with E-state index in [1.807, 2.05) is 6.07 Å². The summed E-state index contributed by atoms with van der Waals surface area (Å²) in [6.07, 6.45) is 1.81. The third kappa shape index (κ3) is 4.39. The summed E-state index contributed by atoms with van der Waals surface area (Å²) in [7, 11) is 4.68. The smallest absolute Gasteiger partial charge is 0.170 e. The molecule has 1 heterocycles. The first kappa shape index (κ1) is 20.0. The molecule has 150 valence electrons. The molecule has 3 rings (SSSR count). The van der Waals surface area contributed by atoms with Gasteiger partial charge >= 0.3 is 0 Å². The Morgan fingerprint density at radius 3 is 2.54 bits per heavy atom. The second-order valence-corrected chi connectivity index (χ2v) is 7.01. The van der Waals surface area contributed by atoms with E-state index in [9.17, 15) is 9.90 Å². The minimum Gasteiger partial charge on any atom is -0.504 e. The molecule has 0 bridgehead atoms. The molecule has 0 radical (unpaired) electrons. The van der Waals surface area contributed by atoms with Gasteiger partial charge < -0.3 is 19.3 Å². The molecule has 1 aliphatic heterocycles. The minimum absolute atomic E-state index is 0.0807. The SMILES string of the molecule is COc1ccc(C(=O)[C@@H]2CCCN(Cc3ccc(OC)c(O)c3)C2)c(OC)c1. The number of methoxy groups -OCH3 is 3. The van der Waals surface area contributed by atoms with Crippen LogP contribution in [0.4, 0.5) is 0 Å². The molecule has 2 aromatic carbocycles. The highest BCUT2D eigenvalue weighted by molar-refractivity contribution is 6.00. The first-order valence-electron chi connectivity index (χ1n) is 9.40. The third-order valence-electron chi connectivity index (χ3n) is 5.20. The number of phenolic OH excluding ortho intramolecular Hbond substituents is 1. The number of Topliss-reactive ketones (excluding diaryl/α,β-unsaturated/α-hetero) is 1. The van der Waals surface area contributed by atoms with Gasteiger partial charge in [0.15, 0.2) is 17.3 Å². The number of ether oxygens (including phenoxy) is 3. The molecule has 0 aliphatic carbocycles. The number of piperidine rings is 1. The van der Waals surface area contributed by atoms with Crippen LogP contribution in [-0.2, 0) is 6.54 Å². The first-order chi connectivity index (χ1) is 13.5. The van der Waals surface area contributed by atoms with Gasteiger partial charge in [-0.15, -0.1) is 0 Å². The van der Waals surface area contributed by atoms with Gasteiger partial charge in [-0.05, 0) is 49.2 Å². The van der Waals surface area contributed by atoms with Crippen LogP contribution in [-0.4, -0.2) is 50.2 Å². The number of rotatable bonds is 7. The van der Waals surface area contributed by atoms with Crippen LogP contribution >= 0.6 is 0 Å². The Morgan fingerprint density at radius 2 is 1.86 bits per heavy atom. The fourth-order valence-corrected chi connectivity index (χ4v) is 3.73. The Morgan fingerprint density at radius 1 is 1.07 bits per heavy atom. The number of nitrogens with zero attached hydrogens (tertiary/aromatic N) is 1. The van der Waals surface area contributed by atoms with Gasteiger partial charge in [0.2, 0.25) is 0 Å². The standard InChI is InChI=1S/C22H27NO5/c1-26-17-7-8-18(21(12-17)28-3)22(25)16-5-4-10-23(14-16)13-15-6-9-20(27-2)19(24)11-15/h6-9,11-12,16,24H,4-5,10,13-14H2,1-3H3/t16-/m1/s1. The van der Waals surface area contributed by atoms with E-state index in [2.05, 4.69) is 4.90 Å². The largest absolute Gasteiger partial charge is 0.504 e. The number of aromatic hydroxyl groups is 1. The van der Waals surface area contributed by atoms with Gasteiger partial charge in [0.1, 0.15) is 11.5 Å². The number of phenols is 1. The van der Waals surface area contributed by atoms with Gasteiger partial charge in [0, 0.05) is 25.1 Å². The van der Waals surface area contributed by atoms with Crippen LogP contribution in [0.15, 0.2) is 36.4 Å². The molecule has 1 saturated heterocycles. The lowest BCUT2D eigenvalue weighted by Crippen LogP contribution is -2.38. The Bertz CT molecular complexity index is 836. The maximum absolute atomic E-state index is 13.1. The summed E-state index contributed by atoms with van der Waals surface area (Å²) >= 11 is 0. The van der Waals surface area contributed by atoms with Gasteiger partial charge in [-0.3, -0.25) is 9.69 Å². The number of benzene rings is 2. The van der Waals surface area contributed by atoms with Crippen molar-refractivity contribution in [2.75, 3.05) is 34.4 Å². The average Bonchev–Trinajstić information content (AvgIpc) is 2.73. The van der Waals surface area contributed by atoms with Gasteiger partial charge in [0.25, 0.3) is 0 Å². The van der Waals surface area contributed by atoms with Crippen molar-refractivity contribution in [3.8, 4) is 23.0 Å². The van der Waals surface area contributed by atoms with Crippen molar-refractivity contribution >= 4 is 5.78 Å². The van der Waals surface area contributed by atoms with Crippen molar-refractivity contribution in [1.29, 1.82) is 0 Å². The van der Waals surface area contributed by atoms with Gasteiger partial charge in [-0.1, -0.05) is 6.07 Å². The fraction of sp³-hybridized carbons (Fsp3) is 0.409. The number of hydrogen-bond acceptors (Lipinski definition) is 6. The molecular formula is C22H27NO5. The van der Waals surface area contributed by atoms with E-state index >= 15 is 0 Å². The number of likely N-dealkylation sites (tertiary alicyclic amines) is 1. The van der Waals surface area contributed by atoms with E-state index in [4.69, 9.17) is 14.2 Å². The van der Waals surface area contributed by atoms with Crippen LogP contribution in [0.3, 0.4) is 0 Å². The first-order valence-corrected chi connectivity index (χ1v) is 9.40. The van der Waals surface area contributed by atoms with Crippen LogP contribution in [0.1, 0.15) is 28.8 Å². The molecule has 1 atom stereocenters. The van der Waals surface area contributed by atoms with Crippen molar-refractivity contribution in [2.45, 2.75) is 19.4 Å². The molecule has 1 aliphatic rings. The third-order valence-corrected chi connectivity index (χ3v) is 5.20. The molecular weight excluding hydrogens is 358 g/mol. The summed E-state index contributed by atoms with van der Waals surface area (Å²) in [6, 6.07) is 10.7. The molecule has 0 saturated carbocycles. The van der Waals surface area contributed by atoms with Crippen molar-refractivity contribution in [1.82, 2.24) is 4.90 Å². The predicted octanol–water partition coefficient (Wildman–Crippen LogP) is 3.51. The van der Waals surface area contributed by atoms with Crippen molar-refractivity contribution < 1.29 is 24.1 Å². The van der Waals surface area contributed by atoms with Crippen molar-refractivity contribution in [3.05, 3.63) is 47.5 Å². The summed E-state index contributed by atoms with van der Waals surface area (Å²) in [6.45, 7) is 2.29. The Hall–Kier alpha value is -2.73. The zero-order valence-corrected chi connectivity index (χ0v) is 16.6. The summed E-state index contributed by atoms with van der Waals surface area (Å²) < 4.78 is 15.7. The Labute approximate surface area is 165 Å². The number of carbonyl (C=O) groups excluding carboxylic acids is 1. The molecule has 2 aromatic rings. The second kappa shape index (κ2) is 8.97. The van der Waals surface area contributed by atoms with E-state index in [1.54, 1.807) is 44.6 Å². The highest BCUT2D eigenvalue weighted by atomic mass is 16.5. The van der Waals surface area contributed by atoms with Crippen LogP contribution in [0, 0.1) is 5.92 Å². The van der Waals surface area contributed by atoms with Gasteiger partial charge in [-0.2, -0.15) is 0 Å². The van der Waals surface area contributed by atoms with E-state index in [0.717, 1.165) is 24.9 Å². The van der Waals surface area contributed by atoms with E-state index < -0.39 is 0 Å². The highest BCUT2D eigenvalue weighted by Gasteiger charge is 2.28. The molecule has 6 heteroatoms. The zero-order valence-electron chi connectivity index (χ0n) is 16.6. The molecule has 0 amide bonds. The lowest BCUT2D eigenvalue weighted by molar-refractivity contribution is 0.0808. The summed E-state index contributed by atoms with van der Waals surface area (Å²) in [5, 5.41) is 9.99. The Kier molecular flexibility index (Phi) is 6.41. The summed E-state index contributed by atoms with van der Waals surface area (Å²) in [5.41, 5.74) is 1.59. The molecule has 0 spiro atoms. The maximum Gasteiger partial charge on any atom is 0.170 e. The lowest BCUT2D eigenvalue weighted by atomic mass is 9.89. The molecule has 6 nitrogen and oxygen atoms in total. The molecule has 1 fully saturated rings. The quantitative estimate of drug-likeness (QED) is 0.736. The molecule has 1 N–H and O–H groups in total. The molecule has 28 heavy (non-hydrogen) atoms. The highest BCUT2D eigenvalue weighted by Crippen LogP contribution is 2.31. The molecule has 0 aromatic heterocycles.